The predicted molar refractivity (Wildman–Crippen MR) is 68.9 cm³/mol. The minimum absolute atomic E-state index is 0.0984. The molecule has 0 aliphatic heterocycles. The molecule has 2 amide bonds. The third-order valence-electron chi connectivity index (χ3n) is 3.71. The van der Waals surface area contributed by atoms with E-state index < -0.39 is 5.41 Å². The molecule has 1 aromatic heterocycles. The maximum atomic E-state index is 12.2. The average Bonchev–Trinajstić information content (AvgIpc) is 3.30. The van der Waals surface area contributed by atoms with Crippen molar-refractivity contribution in [1.82, 2.24) is 15.6 Å². The Labute approximate surface area is 111 Å². The van der Waals surface area contributed by atoms with Crippen LogP contribution in [0.1, 0.15) is 31.2 Å². The van der Waals surface area contributed by atoms with E-state index in [-0.39, 0.29) is 11.8 Å². The molecule has 2 aliphatic rings. The molecule has 0 spiro atoms. The lowest BCUT2D eigenvalue weighted by atomic mass is 10.1. The van der Waals surface area contributed by atoms with Gasteiger partial charge in [0.05, 0.1) is 0 Å². The third-order valence-corrected chi connectivity index (χ3v) is 3.71. The van der Waals surface area contributed by atoms with Crippen molar-refractivity contribution in [2.24, 2.45) is 5.41 Å². The minimum atomic E-state index is -0.801. The summed E-state index contributed by atoms with van der Waals surface area (Å²) in [6.45, 7) is 0.422. The van der Waals surface area contributed by atoms with Crippen molar-refractivity contribution >= 4 is 11.8 Å². The van der Waals surface area contributed by atoms with Crippen molar-refractivity contribution in [3.8, 4) is 0 Å². The number of rotatable bonds is 5. The van der Waals surface area contributed by atoms with E-state index in [1.807, 2.05) is 12.1 Å². The zero-order valence-electron chi connectivity index (χ0n) is 10.7. The molecule has 0 radical (unpaired) electrons. The van der Waals surface area contributed by atoms with Gasteiger partial charge in [-0.25, -0.2) is 0 Å². The van der Waals surface area contributed by atoms with Gasteiger partial charge in [0.1, 0.15) is 5.41 Å². The number of nitrogens with zero attached hydrogens (tertiary/aromatic N) is 1. The van der Waals surface area contributed by atoms with E-state index in [1.165, 1.54) is 0 Å². The first-order chi connectivity index (χ1) is 9.21. The van der Waals surface area contributed by atoms with Crippen LogP contribution in [-0.2, 0) is 16.1 Å². The second-order valence-corrected chi connectivity index (χ2v) is 5.37. The van der Waals surface area contributed by atoms with Crippen molar-refractivity contribution in [2.45, 2.75) is 38.3 Å². The maximum Gasteiger partial charge on any atom is 0.235 e. The van der Waals surface area contributed by atoms with Gasteiger partial charge in [-0.3, -0.25) is 14.6 Å². The summed E-state index contributed by atoms with van der Waals surface area (Å²) in [5, 5.41) is 5.76. The van der Waals surface area contributed by atoms with Crippen molar-refractivity contribution in [1.29, 1.82) is 0 Å². The first-order valence-corrected chi connectivity index (χ1v) is 6.69. The summed E-state index contributed by atoms with van der Waals surface area (Å²) in [6, 6.07) is 4.03. The van der Waals surface area contributed by atoms with Crippen LogP contribution in [-0.4, -0.2) is 22.8 Å². The van der Waals surface area contributed by atoms with Gasteiger partial charge in [0.25, 0.3) is 0 Å². The molecule has 3 rings (SSSR count). The van der Waals surface area contributed by atoms with E-state index in [0.29, 0.717) is 25.4 Å². The number of aromatic nitrogens is 1. The van der Waals surface area contributed by atoms with E-state index in [9.17, 15) is 9.59 Å². The Morgan fingerprint density at radius 1 is 1.32 bits per heavy atom. The zero-order chi connectivity index (χ0) is 13.3. The molecule has 0 aromatic carbocycles. The average molecular weight is 259 g/mol. The van der Waals surface area contributed by atoms with E-state index in [4.69, 9.17) is 0 Å². The van der Waals surface area contributed by atoms with E-state index in [1.54, 1.807) is 12.4 Å². The Bertz CT molecular complexity index is 493. The van der Waals surface area contributed by atoms with Gasteiger partial charge in [0, 0.05) is 25.0 Å². The molecule has 2 aliphatic carbocycles. The van der Waals surface area contributed by atoms with Crippen molar-refractivity contribution in [3.63, 3.8) is 0 Å². The van der Waals surface area contributed by atoms with Crippen LogP contribution in [0.5, 0.6) is 0 Å². The summed E-state index contributed by atoms with van der Waals surface area (Å²) >= 11 is 0. The first kappa shape index (κ1) is 12.1. The van der Waals surface area contributed by atoms with Crippen LogP contribution in [0.25, 0.3) is 0 Å². The van der Waals surface area contributed by atoms with Crippen molar-refractivity contribution in [3.05, 3.63) is 30.1 Å². The van der Waals surface area contributed by atoms with E-state index in [0.717, 1.165) is 18.4 Å². The summed E-state index contributed by atoms with van der Waals surface area (Å²) in [4.78, 5) is 28.2. The standard InChI is InChI=1S/C14H17N3O2/c18-12(16-9-10-2-1-7-15-8-10)14(5-6-14)13(19)17-11-3-4-11/h1-2,7-8,11H,3-6,9H2,(H,16,18)(H,17,19). The highest BCUT2D eigenvalue weighted by atomic mass is 16.2. The molecular weight excluding hydrogens is 242 g/mol. The Balaban J connectivity index is 1.56. The van der Waals surface area contributed by atoms with Gasteiger partial charge >= 0.3 is 0 Å². The van der Waals surface area contributed by atoms with Crippen LogP contribution in [0.4, 0.5) is 0 Å². The number of amides is 2. The van der Waals surface area contributed by atoms with Crippen molar-refractivity contribution in [2.75, 3.05) is 0 Å². The molecule has 0 saturated heterocycles. The third kappa shape index (κ3) is 2.59. The highest BCUT2D eigenvalue weighted by Gasteiger charge is 2.57. The lowest BCUT2D eigenvalue weighted by Gasteiger charge is -2.15. The monoisotopic (exact) mass is 259 g/mol. The zero-order valence-corrected chi connectivity index (χ0v) is 10.7. The molecule has 2 N–H and O–H groups in total. The van der Waals surface area contributed by atoms with E-state index >= 15 is 0 Å². The second kappa shape index (κ2) is 4.64. The van der Waals surface area contributed by atoms with Gasteiger partial charge < -0.3 is 10.6 Å². The minimum Gasteiger partial charge on any atom is -0.352 e. The Kier molecular flexibility index (Phi) is 2.97. The number of hydrogen-bond acceptors (Lipinski definition) is 3. The summed E-state index contributed by atoms with van der Waals surface area (Å²) in [6.07, 6.45) is 6.80. The van der Waals surface area contributed by atoms with Gasteiger partial charge in [0.2, 0.25) is 11.8 Å². The number of nitrogens with one attached hydrogen (secondary N) is 2. The molecule has 0 unspecified atom stereocenters. The topological polar surface area (TPSA) is 71.1 Å². The second-order valence-electron chi connectivity index (χ2n) is 5.37. The molecule has 2 saturated carbocycles. The molecule has 0 bridgehead atoms. The van der Waals surface area contributed by atoms with Crippen molar-refractivity contribution < 1.29 is 9.59 Å². The summed E-state index contributed by atoms with van der Waals surface area (Å²) in [5.74, 6) is -0.256. The summed E-state index contributed by atoms with van der Waals surface area (Å²) in [5.41, 5.74) is 0.138. The van der Waals surface area contributed by atoms with Gasteiger partial charge in [-0.05, 0) is 37.3 Å². The smallest absolute Gasteiger partial charge is 0.235 e. The van der Waals surface area contributed by atoms with Crippen LogP contribution >= 0.6 is 0 Å². The van der Waals surface area contributed by atoms with Gasteiger partial charge in [-0.1, -0.05) is 6.07 Å². The fraction of sp³-hybridized carbons (Fsp3) is 0.500. The highest BCUT2D eigenvalue weighted by molar-refractivity contribution is 6.08. The Morgan fingerprint density at radius 3 is 2.68 bits per heavy atom. The summed E-state index contributed by atoms with van der Waals surface area (Å²) < 4.78 is 0. The van der Waals surface area contributed by atoms with Gasteiger partial charge in [-0.15, -0.1) is 0 Å². The number of pyridine rings is 1. The molecule has 1 heterocycles. The fourth-order valence-electron chi connectivity index (χ4n) is 2.09. The van der Waals surface area contributed by atoms with Gasteiger partial charge in [0.15, 0.2) is 0 Å². The van der Waals surface area contributed by atoms with Gasteiger partial charge in [-0.2, -0.15) is 0 Å². The molecular formula is C14H17N3O2. The maximum absolute atomic E-state index is 12.2. The van der Waals surface area contributed by atoms with Crippen LogP contribution in [0.3, 0.4) is 0 Å². The fourth-order valence-corrected chi connectivity index (χ4v) is 2.09. The highest BCUT2D eigenvalue weighted by Crippen LogP contribution is 2.46. The lowest BCUT2D eigenvalue weighted by molar-refractivity contribution is -0.137. The van der Waals surface area contributed by atoms with Crippen LogP contribution in [0.2, 0.25) is 0 Å². The largest absolute Gasteiger partial charge is 0.352 e. The predicted octanol–water partition coefficient (Wildman–Crippen LogP) is 0.757. The van der Waals surface area contributed by atoms with Crippen LogP contribution < -0.4 is 10.6 Å². The SMILES string of the molecule is O=C(NCc1cccnc1)C1(C(=O)NC2CC2)CC1. The molecule has 19 heavy (non-hydrogen) atoms. The first-order valence-electron chi connectivity index (χ1n) is 6.69. The molecule has 2 fully saturated rings. The molecule has 0 atom stereocenters. The molecule has 5 heteroatoms. The lowest BCUT2D eigenvalue weighted by Crippen LogP contribution is -2.43. The summed E-state index contributed by atoms with van der Waals surface area (Å²) in [7, 11) is 0. The quantitative estimate of drug-likeness (QED) is 0.767. The van der Waals surface area contributed by atoms with Crippen LogP contribution in [0, 0.1) is 5.41 Å². The Morgan fingerprint density at radius 2 is 2.11 bits per heavy atom. The number of carbonyl (C=O) groups excluding carboxylic acids is 2. The Hall–Kier alpha value is -1.91. The molecule has 5 nitrogen and oxygen atoms in total. The molecule has 100 valence electrons. The number of carbonyl (C=O) groups is 2. The normalized spacial score (nSPS) is 19.6. The van der Waals surface area contributed by atoms with E-state index in [2.05, 4.69) is 15.6 Å². The molecule has 1 aromatic rings. The van der Waals surface area contributed by atoms with Crippen LogP contribution in [0.15, 0.2) is 24.5 Å². The number of hydrogen-bond donors (Lipinski definition) is 2.